The van der Waals surface area contributed by atoms with Gasteiger partial charge in [-0.15, -0.1) is 11.8 Å². The van der Waals surface area contributed by atoms with Crippen LogP contribution < -0.4 is 21.6 Å². The second-order valence-electron chi connectivity index (χ2n) is 12.6. The summed E-state index contributed by atoms with van der Waals surface area (Å²) in [4.78, 5) is 29.3. The number of H-pyrrole nitrogens is 1. The van der Waals surface area contributed by atoms with Crippen LogP contribution >= 0.6 is 11.8 Å². The Hall–Kier alpha value is -3.80. The molecule has 0 saturated carbocycles. The van der Waals surface area contributed by atoms with E-state index in [-0.39, 0.29) is 11.6 Å². The van der Waals surface area contributed by atoms with Crippen LogP contribution in [0, 0.1) is 0 Å². The van der Waals surface area contributed by atoms with Crippen molar-refractivity contribution >= 4 is 41.3 Å². The highest BCUT2D eigenvalue weighted by atomic mass is 32.2. The average Bonchev–Trinajstić information content (AvgIpc) is 3.44. The zero-order valence-corrected chi connectivity index (χ0v) is 29.2. The molecule has 7 nitrogen and oxygen atoms in total. The third kappa shape index (κ3) is 6.53. The van der Waals surface area contributed by atoms with E-state index in [1.807, 2.05) is 97.1 Å². The van der Waals surface area contributed by atoms with E-state index >= 15 is 0 Å². The molecule has 47 heavy (non-hydrogen) atoms. The first kappa shape index (κ1) is 33.1. The predicted octanol–water partition coefficient (Wildman–Crippen LogP) is 5.70. The molecule has 0 spiro atoms. The normalized spacial score (nSPS) is 20.6. The van der Waals surface area contributed by atoms with Gasteiger partial charge < -0.3 is 9.16 Å². The highest BCUT2D eigenvalue weighted by Crippen LogP contribution is 2.54. The summed E-state index contributed by atoms with van der Waals surface area (Å²) in [5.41, 5.74) is -1.14. The molecule has 1 saturated heterocycles. The summed E-state index contributed by atoms with van der Waals surface area (Å²) in [6.45, 7) is 6.87. The van der Waals surface area contributed by atoms with Crippen LogP contribution in [-0.2, 0) is 20.0 Å². The van der Waals surface area contributed by atoms with Gasteiger partial charge in [0.25, 0.3) is 13.9 Å². The Balaban J connectivity index is 1.47. The van der Waals surface area contributed by atoms with Crippen molar-refractivity contribution in [2.45, 2.75) is 58.4 Å². The first-order chi connectivity index (χ1) is 22.6. The maximum absolute atomic E-state index is 14.9. The lowest BCUT2D eigenvalue weighted by molar-refractivity contribution is -0.0226. The molecule has 5 aromatic rings. The quantitative estimate of drug-likeness (QED) is 0.190. The summed E-state index contributed by atoms with van der Waals surface area (Å²) in [7, 11) is -4.58. The molecular weight excluding hydrogens is 645 g/mol. The van der Waals surface area contributed by atoms with Gasteiger partial charge in [-0.3, -0.25) is 18.6 Å². The van der Waals surface area contributed by atoms with Gasteiger partial charge in [-0.1, -0.05) is 118 Å². The summed E-state index contributed by atoms with van der Waals surface area (Å²) < 4.78 is 29.2. The first-order valence-corrected chi connectivity index (χ1v) is 19.4. The van der Waals surface area contributed by atoms with E-state index in [0.717, 1.165) is 15.3 Å². The van der Waals surface area contributed by atoms with Gasteiger partial charge in [-0.25, -0.2) is 4.79 Å². The van der Waals surface area contributed by atoms with Gasteiger partial charge in [0.2, 0.25) is 0 Å². The minimum absolute atomic E-state index is 0.213. The molecule has 0 aliphatic carbocycles. The summed E-state index contributed by atoms with van der Waals surface area (Å²) in [6, 6.07) is 41.1. The van der Waals surface area contributed by atoms with Crippen molar-refractivity contribution in [1.82, 2.24) is 9.55 Å². The number of hydrogen-bond acceptors (Lipinski definition) is 6. The van der Waals surface area contributed by atoms with Crippen molar-refractivity contribution in [3.05, 3.63) is 154 Å². The molecule has 1 aromatic heterocycles. The van der Waals surface area contributed by atoms with Gasteiger partial charge in [0.1, 0.15) is 4.08 Å². The Bertz CT molecular complexity index is 1890. The third-order valence-corrected chi connectivity index (χ3v) is 17.1. The fraction of sp³-hybridized carbons (Fsp3) is 0.243. The third-order valence-electron chi connectivity index (χ3n) is 8.52. The number of ether oxygens (including phenoxy) is 1. The summed E-state index contributed by atoms with van der Waals surface area (Å²) in [5, 5.41) is 2.03. The van der Waals surface area contributed by atoms with Crippen LogP contribution in [0.2, 0.25) is 5.04 Å². The number of rotatable bonds is 10. The largest absolute Gasteiger partial charge is 0.405 e. The molecule has 0 bridgehead atoms. The Labute approximate surface area is 282 Å². The van der Waals surface area contributed by atoms with Gasteiger partial charge in [-0.2, -0.15) is 0 Å². The number of nitrogens with one attached hydrogen (secondary N) is 1. The molecule has 0 amide bonds. The molecule has 6 rings (SSSR count). The number of nitrogens with zero attached hydrogens (tertiary/aromatic N) is 1. The van der Waals surface area contributed by atoms with Crippen LogP contribution in [0.15, 0.2) is 153 Å². The molecule has 1 aliphatic rings. The monoisotopic (exact) mass is 682 g/mol. The molecule has 10 heteroatoms. The Kier molecular flexibility index (Phi) is 9.68. The van der Waals surface area contributed by atoms with Crippen molar-refractivity contribution in [3.8, 4) is 0 Å². The number of hydrogen-bond donors (Lipinski definition) is 1. The predicted molar refractivity (Wildman–Crippen MR) is 191 cm³/mol. The number of aromatic amines is 1. The minimum Gasteiger partial charge on any atom is -0.405 e. The lowest BCUT2D eigenvalue weighted by Crippen LogP contribution is -2.67. The maximum Gasteiger partial charge on any atom is 0.330 e. The van der Waals surface area contributed by atoms with Gasteiger partial charge in [0.15, 0.2) is 6.23 Å². The molecule has 4 atom stereocenters. The molecular formula is C37H38N2O5S2Si. The van der Waals surface area contributed by atoms with E-state index in [1.54, 1.807) is 0 Å². The van der Waals surface area contributed by atoms with Crippen LogP contribution in [0.4, 0.5) is 0 Å². The number of thioether (sulfide) groups is 1. The van der Waals surface area contributed by atoms with Crippen molar-refractivity contribution in [2.75, 3.05) is 6.61 Å². The molecule has 1 N–H and O–H groups in total. The van der Waals surface area contributed by atoms with Crippen LogP contribution in [-0.4, -0.2) is 38.9 Å². The Morgan fingerprint density at radius 1 is 0.851 bits per heavy atom. The van der Waals surface area contributed by atoms with Crippen LogP contribution in [0.3, 0.4) is 0 Å². The Morgan fingerprint density at radius 2 is 1.38 bits per heavy atom. The van der Waals surface area contributed by atoms with E-state index in [2.05, 4.69) is 50.0 Å². The second kappa shape index (κ2) is 13.7. The van der Waals surface area contributed by atoms with E-state index < -0.39 is 46.8 Å². The molecule has 1 fully saturated rings. The van der Waals surface area contributed by atoms with E-state index in [4.69, 9.17) is 9.16 Å². The number of aromatic nitrogens is 2. The van der Waals surface area contributed by atoms with Crippen LogP contribution in [0.5, 0.6) is 0 Å². The fourth-order valence-corrected chi connectivity index (χ4v) is 14.6. The highest BCUT2D eigenvalue weighted by molar-refractivity contribution is 8.12. The van der Waals surface area contributed by atoms with Crippen molar-refractivity contribution < 1.29 is 13.4 Å². The van der Waals surface area contributed by atoms with Crippen LogP contribution in [0.1, 0.15) is 33.4 Å². The zero-order chi connectivity index (χ0) is 33.1. The van der Waals surface area contributed by atoms with Gasteiger partial charge in [-0.05, 0) is 39.7 Å². The fourth-order valence-electron chi connectivity index (χ4n) is 6.45. The molecule has 242 valence electrons. The van der Waals surface area contributed by atoms with Crippen molar-refractivity contribution in [3.63, 3.8) is 0 Å². The maximum atomic E-state index is 14.9. The van der Waals surface area contributed by atoms with Gasteiger partial charge >= 0.3 is 5.69 Å². The minimum atomic E-state index is -2.93. The lowest BCUT2D eigenvalue weighted by Gasteiger charge is -2.43. The van der Waals surface area contributed by atoms with Crippen LogP contribution in [0.25, 0.3) is 0 Å². The van der Waals surface area contributed by atoms with Gasteiger partial charge in [0.05, 0.1) is 23.5 Å². The second-order valence-corrected chi connectivity index (χ2v) is 20.3. The average molecular weight is 683 g/mol. The molecule has 4 aromatic carbocycles. The summed E-state index contributed by atoms with van der Waals surface area (Å²) in [5.74, 6) is 0. The van der Waals surface area contributed by atoms with E-state index in [1.165, 1.54) is 28.6 Å². The summed E-state index contributed by atoms with van der Waals surface area (Å²) >= 11 is 1.43. The number of benzene rings is 4. The highest BCUT2D eigenvalue weighted by Gasteiger charge is 2.57. The molecule has 1 aliphatic heterocycles. The zero-order valence-electron chi connectivity index (χ0n) is 26.6. The smallest absolute Gasteiger partial charge is 0.330 e. The SMILES string of the molecule is CC(C)(C)[Si](OC[C@@H]1CC(Sc2ccccc2)(S(=O)c2ccccc2)[C@H](n2ccc(=O)[nH]c2=O)O1)(c1ccccc1)c1ccccc1. The summed E-state index contributed by atoms with van der Waals surface area (Å²) in [6.07, 6.45) is 0.248. The van der Waals surface area contributed by atoms with E-state index in [9.17, 15) is 13.8 Å². The first-order valence-electron chi connectivity index (χ1n) is 15.6. The molecule has 2 heterocycles. The Morgan fingerprint density at radius 3 is 1.91 bits per heavy atom. The van der Waals surface area contributed by atoms with Crippen molar-refractivity contribution in [1.29, 1.82) is 0 Å². The standard InChI is InChI=1S/C37H38N2O5S2Si/c1-36(2,3)47(31-20-12-6-13-21-31,32-22-14-7-15-23-32)43-27-28-26-37(45-29-16-8-4-9-17-29,46(42)30-18-10-5-11-19-30)34(44-28)39-25-24-33(40)38-35(39)41/h4-25,28,34H,26-27H2,1-3H3,(H,38,40,41)/t28-,34+,37?,46?/m0/s1. The van der Waals surface area contributed by atoms with E-state index in [0.29, 0.717) is 11.3 Å². The molecule has 2 unspecified atom stereocenters. The van der Waals surface area contributed by atoms with Crippen molar-refractivity contribution in [2.24, 2.45) is 0 Å². The molecule has 0 radical (unpaired) electrons. The topological polar surface area (TPSA) is 90.4 Å². The van der Waals surface area contributed by atoms with Gasteiger partial charge in [0, 0.05) is 28.5 Å². The lowest BCUT2D eigenvalue weighted by atomic mass is 10.2.